The first-order valence-electron chi connectivity index (χ1n) is 7.15. The van der Waals surface area contributed by atoms with Crippen LogP contribution in [0.4, 0.5) is 0 Å². The van der Waals surface area contributed by atoms with E-state index < -0.39 is 9.84 Å². The van der Waals surface area contributed by atoms with Crippen molar-refractivity contribution in [2.75, 3.05) is 11.5 Å². The summed E-state index contributed by atoms with van der Waals surface area (Å²) >= 11 is 5.87. The maximum Gasteiger partial charge on any atom is 0.269 e. The van der Waals surface area contributed by atoms with Gasteiger partial charge in [0.15, 0.2) is 9.84 Å². The minimum atomic E-state index is -3.02. The minimum Gasteiger partial charge on any atom is -0.347 e. The van der Waals surface area contributed by atoms with Crippen LogP contribution in [0.1, 0.15) is 16.9 Å². The maximum absolute atomic E-state index is 12.3. The van der Waals surface area contributed by atoms with Crippen LogP contribution in [0.25, 0.3) is 11.3 Å². The zero-order valence-electron chi connectivity index (χ0n) is 12.5. The number of hydrogen-bond acceptors (Lipinski definition) is 4. The average Bonchev–Trinajstić information content (AvgIpc) is 3.02. The number of carbonyl (C=O) groups is 1. The van der Waals surface area contributed by atoms with E-state index in [9.17, 15) is 13.2 Å². The lowest BCUT2D eigenvalue weighted by atomic mass is 10.1. The van der Waals surface area contributed by atoms with Crippen LogP contribution in [-0.2, 0) is 16.9 Å². The molecule has 1 aromatic carbocycles. The Bertz CT molecular complexity index is 843. The number of carbonyl (C=O) groups excluding carboxylic acids is 1. The number of nitrogens with zero attached hydrogens (tertiary/aromatic N) is 2. The van der Waals surface area contributed by atoms with Crippen LogP contribution in [0.2, 0.25) is 5.02 Å². The summed E-state index contributed by atoms with van der Waals surface area (Å²) in [6.07, 6.45) is 0.454. The fourth-order valence-electron chi connectivity index (χ4n) is 2.61. The predicted molar refractivity (Wildman–Crippen MR) is 88.2 cm³/mol. The van der Waals surface area contributed by atoms with Crippen LogP contribution in [0.5, 0.6) is 0 Å². The molecule has 1 aromatic heterocycles. The average molecular weight is 354 g/mol. The smallest absolute Gasteiger partial charge is 0.269 e. The number of amides is 1. The highest BCUT2D eigenvalue weighted by atomic mass is 35.5. The number of nitrogens with one attached hydrogen (secondary N) is 1. The van der Waals surface area contributed by atoms with Gasteiger partial charge in [0.1, 0.15) is 5.69 Å². The van der Waals surface area contributed by atoms with Gasteiger partial charge in [0.25, 0.3) is 5.91 Å². The monoisotopic (exact) mass is 353 g/mol. The molecule has 1 aliphatic heterocycles. The lowest BCUT2D eigenvalue weighted by molar-refractivity contribution is 0.0931. The van der Waals surface area contributed by atoms with Gasteiger partial charge in [-0.2, -0.15) is 5.10 Å². The van der Waals surface area contributed by atoms with E-state index in [-0.39, 0.29) is 23.5 Å². The summed E-state index contributed by atoms with van der Waals surface area (Å²) in [5.74, 6) is -0.192. The largest absolute Gasteiger partial charge is 0.347 e. The highest BCUT2D eigenvalue weighted by Crippen LogP contribution is 2.21. The molecule has 0 spiro atoms. The van der Waals surface area contributed by atoms with Crippen molar-refractivity contribution in [3.8, 4) is 11.3 Å². The number of rotatable bonds is 3. The molecule has 2 heterocycles. The van der Waals surface area contributed by atoms with E-state index in [2.05, 4.69) is 10.4 Å². The van der Waals surface area contributed by atoms with E-state index in [1.165, 1.54) is 4.68 Å². The van der Waals surface area contributed by atoms with Gasteiger partial charge in [0.2, 0.25) is 0 Å². The Hall–Kier alpha value is -1.86. The fourth-order valence-corrected chi connectivity index (χ4v) is 4.41. The van der Waals surface area contributed by atoms with Crippen molar-refractivity contribution in [1.82, 2.24) is 15.1 Å². The third kappa shape index (κ3) is 3.56. The van der Waals surface area contributed by atoms with Crippen LogP contribution in [-0.4, -0.2) is 41.7 Å². The quantitative estimate of drug-likeness (QED) is 0.909. The third-order valence-electron chi connectivity index (χ3n) is 3.82. The number of hydrogen-bond donors (Lipinski definition) is 1. The number of aryl methyl sites for hydroxylation is 1. The van der Waals surface area contributed by atoms with Crippen molar-refractivity contribution >= 4 is 27.3 Å². The van der Waals surface area contributed by atoms with E-state index in [0.29, 0.717) is 22.8 Å². The zero-order chi connectivity index (χ0) is 16.6. The van der Waals surface area contributed by atoms with Crippen molar-refractivity contribution < 1.29 is 13.2 Å². The fraction of sp³-hybridized carbons (Fsp3) is 0.333. The molecule has 1 atom stereocenters. The van der Waals surface area contributed by atoms with Gasteiger partial charge >= 0.3 is 0 Å². The van der Waals surface area contributed by atoms with Gasteiger partial charge in [-0.05, 0) is 24.6 Å². The number of sulfone groups is 1. The first-order chi connectivity index (χ1) is 10.8. The van der Waals surface area contributed by atoms with Crippen LogP contribution in [0.15, 0.2) is 30.3 Å². The molecule has 0 saturated carbocycles. The molecular formula is C15H16ClN3O3S. The first-order valence-corrected chi connectivity index (χ1v) is 9.35. The van der Waals surface area contributed by atoms with Gasteiger partial charge < -0.3 is 5.32 Å². The van der Waals surface area contributed by atoms with Crippen molar-refractivity contribution in [3.63, 3.8) is 0 Å². The van der Waals surface area contributed by atoms with Crippen LogP contribution < -0.4 is 5.32 Å². The molecule has 8 heteroatoms. The van der Waals surface area contributed by atoms with Crippen molar-refractivity contribution in [2.24, 2.45) is 7.05 Å². The highest BCUT2D eigenvalue weighted by Gasteiger charge is 2.29. The van der Waals surface area contributed by atoms with E-state index in [0.717, 1.165) is 5.56 Å². The number of halogens is 1. The molecule has 0 bridgehead atoms. The topological polar surface area (TPSA) is 81.1 Å². The second-order valence-corrected chi connectivity index (χ2v) is 8.28. The molecule has 1 aliphatic rings. The predicted octanol–water partition coefficient (Wildman–Crippen LogP) is 1.66. The molecule has 0 aliphatic carbocycles. The van der Waals surface area contributed by atoms with Crippen LogP contribution in [0.3, 0.4) is 0 Å². The lowest BCUT2D eigenvalue weighted by Crippen LogP contribution is -2.36. The van der Waals surface area contributed by atoms with Crippen LogP contribution in [0, 0.1) is 0 Å². The summed E-state index contributed by atoms with van der Waals surface area (Å²) in [5.41, 5.74) is 1.90. The van der Waals surface area contributed by atoms with Gasteiger partial charge in [-0.1, -0.05) is 23.7 Å². The lowest BCUT2D eigenvalue weighted by Gasteiger charge is -2.10. The summed E-state index contributed by atoms with van der Waals surface area (Å²) in [4.78, 5) is 12.3. The Kier molecular flexibility index (Phi) is 4.16. The Morgan fingerprint density at radius 2 is 2.04 bits per heavy atom. The molecule has 23 heavy (non-hydrogen) atoms. The molecular weight excluding hydrogens is 338 g/mol. The minimum absolute atomic E-state index is 0.000628. The molecule has 122 valence electrons. The first kappa shape index (κ1) is 16.0. The second-order valence-electron chi connectivity index (χ2n) is 5.62. The standard InChI is InChI=1S/C15H16ClN3O3S/c1-19-14(15(20)17-12-6-7-23(21,22)9-12)8-13(18-19)10-2-4-11(16)5-3-10/h2-5,8,12H,6-7,9H2,1H3,(H,17,20)/t12-/m0/s1. The maximum atomic E-state index is 12.3. The van der Waals surface area contributed by atoms with Gasteiger partial charge in [-0.3, -0.25) is 9.48 Å². The van der Waals surface area contributed by atoms with Crippen LogP contribution >= 0.6 is 11.6 Å². The molecule has 1 fully saturated rings. The van der Waals surface area contributed by atoms with E-state index >= 15 is 0 Å². The molecule has 1 saturated heterocycles. The third-order valence-corrected chi connectivity index (χ3v) is 5.84. The zero-order valence-corrected chi connectivity index (χ0v) is 14.1. The molecule has 1 amide bonds. The van der Waals surface area contributed by atoms with Gasteiger partial charge in [0, 0.05) is 23.7 Å². The van der Waals surface area contributed by atoms with Gasteiger partial charge in [0.05, 0.1) is 17.2 Å². The number of aromatic nitrogens is 2. The molecule has 3 rings (SSSR count). The Labute approximate surface area is 139 Å². The number of benzene rings is 1. The van der Waals surface area contributed by atoms with Gasteiger partial charge in [-0.15, -0.1) is 0 Å². The van der Waals surface area contributed by atoms with E-state index in [1.54, 1.807) is 25.2 Å². The molecule has 2 aromatic rings. The summed E-state index contributed by atoms with van der Waals surface area (Å²) in [6, 6.07) is 8.53. The SMILES string of the molecule is Cn1nc(-c2ccc(Cl)cc2)cc1C(=O)N[C@H]1CCS(=O)(=O)C1. The Balaban J connectivity index is 1.78. The van der Waals surface area contributed by atoms with Crippen molar-refractivity contribution in [2.45, 2.75) is 12.5 Å². The van der Waals surface area contributed by atoms with Crippen molar-refractivity contribution in [1.29, 1.82) is 0 Å². The molecule has 0 unspecified atom stereocenters. The summed E-state index contributed by atoms with van der Waals surface area (Å²) in [5, 5.41) is 7.72. The summed E-state index contributed by atoms with van der Waals surface area (Å²) in [6.45, 7) is 0. The summed E-state index contributed by atoms with van der Waals surface area (Å²) < 4.78 is 24.4. The second kappa shape index (κ2) is 5.98. The molecule has 6 nitrogen and oxygen atoms in total. The van der Waals surface area contributed by atoms with Gasteiger partial charge in [-0.25, -0.2) is 8.42 Å². The molecule has 1 N–H and O–H groups in total. The summed E-state index contributed by atoms with van der Waals surface area (Å²) in [7, 11) is -1.34. The van der Waals surface area contributed by atoms with E-state index in [1.807, 2.05) is 12.1 Å². The van der Waals surface area contributed by atoms with E-state index in [4.69, 9.17) is 11.6 Å². The Morgan fingerprint density at radius 1 is 1.35 bits per heavy atom. The molecule has 0 radical (unpaired) electrons. The normalized spacial score (nSPS) is 19.7. The highest BCUT2D eigenvalue weighted by molar-refractivity contribution is 7.91. The Morgan fingerprint density at radius 3 is 2.65 bits per heavy atom. The van der Waals surface area contributed by atoms with Crippen molar-refractivity contribution in [3.05, 3.63) is 41.0 Å².